The van der Waals surface area contributed by atoms with Crippen LogP contribution in [0.2, 0.25) is 0 Å². The number of hydrogen-bond acceptors (Lipinski definition) is 6. The molecule has 0 saturated heterocycles. The van der Waals surface area contributed by atoms with Crippen molar-refractivity contribution in [3.63, 3.8) is 0 Å². The normalized spacial score (nSPS) is 11.3. The van der Waals surface area contributed by atoms with Crippen molar-refractivity contribution >= 4 is 11.9 Å². The molecule has 2 aromatic rings. The van der Waals surface area contributed by atoms with Gasteiger partial charge in [0.15, 0.2) is 0 Å². The van der Waals surface area contributed by atoms with Crippen LogP contribution in [0.3, 0.4) is 0 Å². The fourth-order valence-corrected chi connectivity index (χ4v) is 5.55. The van der Waals surface area contributed by atoms with Gasteiger partial charge in [-0.05, 0) is 74.1 Å². The molecule has 2 aromatic carbocycles. The van der Waals surface area contributed by atoms with E-state index in [0.29, 0.717) is 13.1 Å². The van der Waals surface area contributed by atoms with Crippen LogP contribution in [0.25, 0.3) is 11.1 Å². The van der Waals surface area contributed by atoms with Crippen LogP contribution in [0, 0.1) is 0 Å². The number of hydrogen-bond donors (Lipinski definition) is 0. The molecule has 0 aliphatic carbocycles. The first-order valence-corrected chi connectivity index (χ1v) is 18.4. The van der Waals surface area contributed by atoms with E-state index in [0.717, 1.165) is 87.0 Å². The van der Waals surface area contributed by atoms with E-state index in [2.05, 4.69) is 61.8 Å². The van der Waals surface area contributed by atoms with Gasteiger partial charge in [0.1, 0.15) is 13.2 Å². The van der Waals surface area contributed by atoms with Crippen molar-refractivity contribution in [1.82, 2.24) is 9.80 Å². The van der Waals surface area contributed by atoms with Crippen LogP contribution in [-0.4, -0.2) is 61.0 Å². The van der Waals surface area contributed by atoms with Gasteiger partial charge in [-0.25, -0.2) is 0 Å². The fourth-order valence-electron chi connectivity index (χ4n) is 5.55. The molecule has 0 spiro atoms. The third kappa shape index (κ3) is 17.9. The van der Waals surface area contributed by atoms with Crippen molar-refractivity contribution in [2.75, 3.05) is 39.3 Å². The third-order valence-corrected chi connectivity index (χ3v) is 8.56. The number of unbranched alkanes of at least 4 members (excludes halogenated alkanes) is 10. The average Bonchev–Trinajstić information content (AvgIpc) is 3.07. The Morgan fingerprint density at radius 3 is 1.13 bits per heavy atom. The molecule has 0 saturated carbocycles. The van der Waals surface area contributed by atoms with Crippen LogP contribution >= 0.6 is 0 Å². The Balaban J connectivity index is 1.78. The van der Waals surface area contributed by atoms with E-state index in [-0.39, 0.29) is 25.2 Å². The van der Waals surface area contributed by atoms with Gasteiger partial charge in [0.25, 0.3) is 0 Å². The lowest BCUT2D eigenvalue weighted by Crippen LogP contribution is -2.32. The molecule has 6 heteroatoms. The Hall–Kier alpha value is -2.70. The van der Waals surface area contributed by atoms with Gasteiger partial charge in [0.05, 0.1) is 13.1 Å². The summed E-state index contributed by atoms with van der Waals surface area (Å²) in [6.45, 7) is 14.0. The summed E-state index contributed by atoms with van der Waals surface area (Å²) in [6.07, 6.45) is 16.8. The van der Waals surface area contributed by atoms with E-state index in [4.69, 9.17) is 9.47 Å². The molecule has 0 aromatic heterocycles. The summed E-state index contributed by atoms with van der Waals surface area (Å²) in [5.41, 5.74) is 4.15. The number of carbonyl (C=O) groups is 2. The number of rotatable bonds is 27. The largest absolute Gasteiger partial charge is 0.460 e. The highest BCUT2D eigenvalue weighted by Crippen LogP contribution is 2.21. The first-order valence-electron chi connectivity index (χ1n) is 18.4. The van der Waals surface area contributed by atoms with E-state index in [1.54, 1.807) is 0 Å². The second kappa shape index (κ2) is 25.4. The highest BCUT2D eigenvalue weighted by Gasteiger charge is 2.13. The van der Waals surface area contributed by atoms with Crippen molar-refractivity contribution < 1.29 is 19.1 Å². The Bertz CT molecular complexity index is 968. The summed E-state index contributed by atoms with van der Waals surface area (Å²) in [5, 5.41) is 0. The second-order valence-corrected chi connectivity index (χ2v) is 12.8. The maximum atomic E-state index is 12.6. The molecular formula is C40H64N2O4. The van der Waals surface area contributed by atoms with E-state index >= 15 is 0 Å². The zero-order chi connectivity index (χ0) is 33.2. The lowest BCUT2D eigenvalue weighted by molar-refractivity contribution is -0.147. The molecule has 0 aliphatic heterocycles. The maximum Gasteiger partial charge on any atom is 0.320 e. The topological polar surface area (TPSA) is 59.1 Å². The van der Waals surface area contributed by atoms with Gasteiger partial charge in [0, 0.05) is 0 Å². The van der Waals surface area contributed by atoms with Crippen molar-refractivity contribution in [3.05, 3.63) is 59.7 Å². The Labute approximate surface area is 281 Å². The minimum Gasteiger partial charge on any atom is -0.460 e. The van der Waals surface area contributed by atoms with Crippen molar-refractivity contribution in [3.8, 4) is 11.1 Å². The van der Waals surface area contributed by atoms with Crippen molar-refractivity contribution in [2.24, 2.45) is 0 Å². The van der Waals surface area contributed by atoms with Gasteiger partial charge >= 0.3 is 11.9 Å². The Morgan fingerprint density at radius 2 is 0.783 bits per heavy atom. The molecule has 0 N–H and O–H groups in total. The number of nitrogens with zero attached hydrogens (tertiary/aromatic N) is 2. The molecule has 258 valence electrons. The number of benzene rings is 2. The molecule has 0 amide bonds. The summed E-state index contributed by atoms with van der Waals surface area (Å²) in [4.78, 5) is 29.7. The molecule has 0 bridgehead atoms. The SMILES string of the molecule is CCCCCCCN(CCCC)CC(=O)OCc1ccc(-c2ccc(COC(=O)CN(CCCC)CCCCCCC)cc2)cc1. The number of carbonyl (C=O) groups excluding carboxylic acids is 2. The maximum absolute atomic E-state index is 12.6. The highest BCUT2D eigenvalue weighted by molar-refractivity contribution is 5.72. The Morgan fingerprint density at radius 1 is 0.457 bits per heavy atom. The van der Waals surface area contributed by atoms with E-state index in [1.165, 1.54) is 51.4 Å². The summed E-state index contributed by atoms with van der Waals surface area (Å²) in [5.74, 6) is -0.304. The van der Waals surface area contributed by atoms with Crippen molar-refractivity contribution in [2.45, 2.75) is 131 Å². The molecular weight excluding hydrogens is 572 g/mol. The van der Waals surface area contributed by atoms with Crippen LogP contribution in [0.15, 0.2) is 48.5 Å². The smallest absolute Gasteiger partial charge is 0.320 e. The first-order chi connectivity index (χ1) is 22.5. The van der Waals surface area contributed by atoms with Gasteiger partial charge in [0.2, 0.25) is 0 Å². The zero-order valence-electron chi connectivity index (χ0n) is 29.7. The predicted octanol–water partition coefficient (Wildman–Crippen LogP) is 9.59. The van der Waals surface area contributed by atoms with Crippen LogP contribution in [-0.2, 0) is 32.3 Å². The summed E-state index contributed by atoms with van der Waals surface area (Å²) in [7, 11) is 0. The van der Waals surface area contributed by atoms with Crippen LogP contribution in [0.5, 0.6) is 0 Å². The van der Waals surface area contributed by atoms with Crippen LogP contribution in [0.4, 0.5) is 0 Å². The van der Waals surface area contributed by atoms with E-state index in [1.807, 2.05) is 24.3 Å². The molecule has 0 radical (unpaired) electrons. The molecule has 0 heterocycles. The van der Waals surface area contributed by atoms with Crippen LogP contribution in [0.1, 0.15) is 129 Å². The molecule has 0 fully saturated rings. The molecule has 0 atom stereocenters. The predicted molar refractivity (Wildman–Crippen MR) is 192 cm³/mol. The monoisotopic (exact) mass is 636 g/mol. The van der Waals surface area contributed by atoms with E-state index < -0.39 is 0 Å². The van der Waals surface area contributed by atoms with Gasteiger partial charge in [-0.15, -0.1) is 0 Å². The van der Waals surface area contributed by atoms with Crippen molar-refractivity contribution in [1.29, 1.82) is 0 Å². The average molecular weight is 637 g/mol. The summed E-state index contributed by atoms with van der Waals surface area (Å²) < 4.78 is 11.3. The second-order valence-electron chi connectivity index (χ2n) is 12.8. The summed E-state index contributed by atoms with van der Waals surface area (Å²) in [6, 6.07) is 16.3. The van der Waals surface area contributed by atoms with Gasteiger partial charge in [-0.2, -0.15) is 0 Å². The molecule has 6 nitrogen and oxygen atoms in total. The van der Waals surface area contributed by atoms with Crippen LogP contribution < -0.4 is 0 Å². The lowest BCUT2D eigenvalue weighted by Gasteiger charge is -2.21. The molecule has 2 rings (SSSR count). The molecule has 46 heavy (non-hydrogen) atoms. The van der Waals surface area contributed by atoms with Gasteiger partial charge in [-0.1, -0.05) is 140 Å². The number of esters is 2. The standard InChI is InChI=1S/C40H64N2O4/c1-5-9-13-15-17-29-41(27-11-7-3)31-39(43)45-33-35-19-23-37(24-20-35)38-25-21-36(22-26-38)34-46-40(44)32-42(28-12-8-4)30-18-16-14-10-6-2/h19-26H,5-18,27-34H2,1-4H3. The van der Waals surface area contributed by atoms with Gasteiger partial charge < -0.3 is 9.47 Å². The fraction of sp³-hybridized carbons (Fsp3) is 0.650. The molecule has 0 unspecified atom stereocenters. The third-order valence-electron chi connectivity index (χ3n) is 8.56. The van der Waals surface area contributed by atoms with E-state index in [9.17, 15) is 9.59 Å². The first kappa shape index (κ1) is 39.5. The van der Waals surface area contributed by atoms with Gasteiger partial charge in [-0.3, -0.25) is 19.4 Å². The number of ether oxygens (including phenoxy) is 2. The highest BCUT2D eigenvalue weighted by atomic mass is 16.5. The minimum atomic E-state index is -0.152. The lowest BCUT2D eigenvalue weighted by atomic mass is 10.0. The quantitative estimate of drug-likeness (QED) is 0.0719. The minimum absolute atomic E-state index is 0.152. The molecule has 0 aliphatic rings. The zero-order valence-corrected chi connectivity index (χ0v) is 29.7. The Kier molecular flexibility index (Phi) is 21.8. The summed E-state index contributed by atoms with van der Waals surface area (Å²) >= 11 is 0.